The van der Waals surface area contributed by atoms with Crippen molar-refractivity contribution in [3.05, 3.63) is 35.6 Å². The van der Waals surface area contributed by atoms with Crippen LogP contribution >= 0.6 is 24.0 Å². The molecule has 0 amide bonds. The van der Waals surface area contributed by atoms with Crippen molar-refractivity contribution in [1.29, 1.82) is 0 Å². The number of halogens is 2. The Morgan fingerprint density at radius 3 is 2.76 bits per heavy atom. The summed E-state index contributed by atoms with van der Waals surface area (Å²) in [4.78, 5) is 6.97. The number of aliphatic imine (C=N–C) groups is 1. The molecule has 1 fully saturated rings. The summed E-state index contributed by atoms with van der Waals surface area (Å²) in [6, 6.07) is 6.57. The molecule has 0 spiro atoms. The highest BCUT2D eigenvalue weighted by atomic mass is 127. The summed E-state index contributed by atoms with van der Waals surface area (Å²) in [7, 11) is 0. The molecule has 0 radical (unpaired) electrons. The molecule has 5 nitrogen and oxygen atoms in total. The van der Waals surface area contributed by atoms with E-state index >= 15 is 0 Å². The lowest BCUT2D eigenvalue weighted by Crippen LogP contribution is -2.44. The molecule has 2 N–H and O–H groups in total. The highest BCUT2D eigenvalue weighted by Gasteiger charge is 2.13. The lowest BCUT2D eigenvalue weighted by molar-refractivity contribution is 0.0320. The van der Waals surface area contributed by atoms with Gasteiger partial charge in [0, 0.05) is 32.7 Å². The van der Waals surface area contributed by atoms with Crippen molar-refractivity contribution in [2.45, 2.75) is 20.4 Å². The molecule has 25 heavy (non-hydrogen) atoms. The van der Waals surface area contributed by atoms with Crippen molar-refractivity contribution in [3.63, 3.8) is 0 Å². The Hall–Kier alpha value is -0.930. The van der Waals surface area contributed by atoms with Crippen LogP contribution in [0.25, 0.3) is 0 Å². The lowest BCUT2D eigenvalue weighted by Gasteiger charge is -2.29. The number of hydrogen-bond acceptors (Lipinski definition) is 3. The van der Waals surface area contributed by atoms with Gasteiger partial charge in [0.05, 0.1) is 19.8 Å². The third kappa shape index (κ3) is 8.82. The van der Waals surface area contributed by atoms with Crippen molar-refractivity contribution in [3.8, 4) is 0 Å². The molecule has 1 aromatic rings. The zero-order valence-electron chi connectivity index (χ0n) is 15.1. The van der Waals surface area contributed by atoms with Gasteiger partial charge in [-0.15, -0.1) is 24.0 Å². The van der Waals surface area contributed by atoms with Gasteiger partial charge in [-0.3, -0.25) is 4.90 Å². The van der Waals surface area contributed by atoms with Crippen molar-refractivity contribution in [2.75, 3.05) is 45.9 Å². The lowest BCUT2D eigenvalue weighted by atomic mass is 10.1. The maximum atomic E-state index is 13.2. The van der Waals surface area contributed by atoms with Gasteiger partial charge in [0.2, 0.25) is 0 Å². The highest BCUT2D eigenvalue weighted by molar-refractivity contribution is 14.0. The molecule has 1 aromatic carbocycles. The van der Waals surface area contributed by atoms with Crippen LogP contribution in [0.3, 0.4) is 0 Å². The van der Waals surface area contributed by atoms with E-state index in [9.17, 15) is 4.39 Å². The zero-order chi connectivity index (χ0) is 17.2. The van der Waals surface area contributed by atoms with Gasteiger partial charge in [-0.1, -0.05) is 19.1 Å². The Morgan fingerprint density at radius 2 is 2.08 bits per heavy atom. The predicted molar refractivity (Wildman–Crippen MR) is 111 cm³/mol. The van der Waals surface area contributed by atoms with Crippen molar-refractivity contribution >= 4 is 29.9 Å². The Morgan fingerprint density at radius 1 is 1.32 bits per heavy atom. The topological polar surface area (TPSA) is 48.9 Å². The third-order valence-electron chi connectivity index (χ3n) is 3.94. The van der Waals surface area contributed by atoms with Crippen LogP contribution in [0, 0.1) is 11.7 Å². The Balaban J connectivity index is 0.00000312. The maximum absolute atomic E-state index is 13.2. The molecule has 0 aromatic heterocycles. The quantitative estimate of drug-likeness (QED) is 0.370. The summed E-state index contributed by atoms with van der Waals surface area (Å²) in [5, 5.41) is 6.62. The fourth-order valence-electron chi connectivity index (χ4n) is 2.71. The predicted octanol–water partition coefficient (Wildman–Crippen LogP) is 2.47. The molecule has 142 valence electrons. The molecule has 1 heterocycles. The zero-order valence-corrected chi connectivity index (χ0v) is 17.5. The van der Waals surface area contributed by atoms with E-state index in [4.69, 9.17) is 4.74 Å². The van der Waals surface area contributed by atoms with Gasteiger partial charge < -0.3 is 15.4 Å². The Labute approximate surface area is 167 Å². The molecule has 1 aliphatic heterocycles. The van der Waals surface area contributed by atoms with E-state index in [0.29, 0.717) is 12.5 Å². The number of hydrogen-bond donors (Lipinski definition) is 2. The minimum atomic E-state index is -0.222. The number of nitrogens with one attached hydrogen (secondary N) is 2. The first-order chi connectivity index (χ1) is 11.7. The van der Waals surface area contributed by atoms with Crippen LogP contribution in [0.4, 0.5) is 4.39 Å². The van der Waals surface area contributed by atoms with Crippen molar-refractivity contribution < 1.29 is 9.13 Å². The fraction of sp³-hybridized carbons (Fsp3) is 0.611. The summed E-state index contributed by atoms with van der Waals surface area (Å²) in [5.74, 6) is 1.07. The van der Waals surface area contributed by atoms with Crippen molar-refractivity contribution in [2.24, 2.45) is 10.9 Å². The van der Waals surface area contributed by atoms with Crippen LogP contribution in [0.5, 0.6) is 0 Å². The van der Waals surface area contributed by atoms with E-state index in [1.54, 1.807) is 6.07 Å². The molecular weight excluding hydrogens is 434 g/mol. The Bertz CT molecular complexity index is 524. The van der Waals surface area contributed by atoms with Crippen LogP contribution in [0.15, 0.2) is 29.3 Å². The molecule has 7 heteroatoms. The minimum absolute atomic E-state index is 0. The number of nitrogens with zero attached hydrogens (tertiary/aromatic N) is 2. The SMILES string of the molecule is CCNC(=NCc1cccc(F)c1)NCC(C)CN1CCOCC1.I. The average Bonchev–Trinajstić information content (AvgIpc) is 2.58. The number of benzene rings is 1. The number of ether oxygens (including phenoxy) is 1. The molecule has 1 aliphatic rings. The maximum Gasteiger partial charge on any atom is 0.191 e. The number of rotatable bonds is 7. The monoisotopic (exact) mass is 464 g/mol. The van der Waals surface area contributed by atoms with E-state index in [0.717, 1.165) is 57.5 Å². The van der Waals surface area contributed by atoms with Crippen LogP contribution in [-0.4, -0.2) is 56.8 Å². The van der Waals surface area contributed by atoms with Gasteiger partial charge in [-0.2, -0.15) is 0 Å². The van der Waals surface area contributed by atoms with E-state index in [1.807, 2.05) is 13.0 Å². The molecule has 0 bridgehead atoms. The Kier molecular flexibility index (Phi) is 11.0. The van der Waals surface area contributed by atoms with Crippen LogP contribution in [0.1, 0.15) is 19.4 Å². The molecule has 0 saturated carbocycles. The van der Waals surface area contributed by atoms with Gasteiger partial charge in [-0.25, -0.2) is 9.38 Å². The molecule has 1 atom stereocenters. The standard InChI is InChI=1S/C18H29FN4O.HI/c1-3-20-18(22-13-16-5-4-6-17(19)11-16)21-12-15(2)14-23-7-9-24-10-8-23;/h4-6,11,15H,3,7-10,12-14H2,1-2H3,(H2,20,21,22);1H. The molecule has 0 aliphatic carbocycles. The van der Waals surface area contributed by atoms with E-state index < -0.39 is 0 Å². The number of guanidine groups is 1. The summed E-state index contributed by atoms with van der Waals surface area (Å²) < 4.78 is 18.6. The van der Waals surface area contributed by atoms with Crippen LogP contribution < -0.4 is 10.6 Å². The minimum Gasteiger partial charge on any atom is -0.379 e. The van der Waals surface area contributed by atoms with Crippen LogP contribution in [0.2, 0.25) is 0 Å². The van der Waals surface area contributed by atoms with Gasteiger partial charge >= 0.3 is 0 Å². The van der Waals surface area contributed by atoms with Gasteiger partial charge in [-0.05, 0) is 30.5 Å². The normalized spacial score (nSPS) is 16.8. The summed E-state index contributed by atoms with van der Waals surface area (Å²) >= 11 is 0. The van der Waals surface area contributed by atoms with Gasteiger partial charge in [0.1, 0.15) is 5.82 Å². The first kappa shape index (κ1) is 22.1. The number of morpholine rings is 1. The summed E-state index contributed by atoms with van der Waals surface area (Å²) in [6.45, 7) is 11.1. The van der Waals surface area contributed by atoms with E-state index in [2.05, 4.69) is 27.4 Å². The summed E-state index contributed by atoms with van der Waals surface area (Å²) in [6.07, 6.45) is 0. The average molecular weight is 464 g/mol. The molecule has 1 unspecified atom stereocenters. The first-order valence-corrected chi connectivity index (χ1v) is 8.74. The molecular formula is C18H30FIN4O. The second kappa shape index (κ2) is 12.4. The summed E-state index contributed by atoms with van der Waals surface area (Å²) in [5.41, 5.74) is 0.869. The van der Waals surface area contributed by atoms with Gasteiger partial charge in [0.25, 0.3) is 0 Å². The van der Waals surface area contributed by atoms with Gasteiger partial charge in [0.15, 0.2) is 5.96 Å². The fourth-order valence-corrected chi connectivity index (χ4v) is 2.71. The third-order valence-corrected chi connectivity index (χ3v) is 3.94. The molecule has 1 saturated heterocycles. The first-order valence-electron chi connectivity index (χ1n) is 8.74. The van der Waals surface area contributed by atoms with Crippen LogP contribution in [-0.2, 0) is 11.3 Å². The largest absolute Gasteiger partial charge is 0.379 e. The second-order valence-electron chi connectivity index (χ2n) is 6.22. The van der Waals surface area contributed by atoms with E-state index in [1.165, 1.54) is 12.1 Å². The molecule has 2 rings (SSSR count). The smallest absolute Gasteiger partial charge is 0.191 e. The van der Waals surface area contributed by atoms with Crippen molar-refractivity contribution in [1.82, 2.24) is 15.5 Å². The van der Waals surface area contributed by atoms with E-state index in [-0.39, 0.29) is 29.8 Å². The second-order valence-corrected chi connectivity index (χ2v) is 6.22. The highest BCUT2D eigenvalue weighted by Crippen LogP contribution is 2.05.